The molecule has 284 valence electrons. The number of nitrogens with zero attached hydrogens (tertiary/aromatic N) is 1. The molecule has 0 saturated carbocycles. The van der Waals surface area contributed by atoms with Crippen molar-refractivity contribution < 1.29 is 44.0 Å². The number of aromatic hydroxyl groups is 1. The largest absolute Gasteiger partial charge is 0.505 e. The number of aryl methyl sites for hydroxylation is 2. The molecule has 18 heteroatoms. The van der Waals surface area contributed by atoms with E-state index in [0.717, 1.165) is 11.6 Å². The van der Waals surface area contributed by atoms with Crippen LogP contribution in [-0.2, 0) is 36.8 Å². The first-order valence-corrected chi connectivity index (χ1v) is 19.7. The van der Waals surface area contributed by atoms with Gasteiger partial charge in [0.05, 0.1) is 27.9 Å². The van der Waals surface area contributed by atoms with E-state index in [1.165, 1.54) is 18.2 Å². The molecule has 4 rings (SSSR count). The zero-order chi connectivity index (χ0) is 40.6. The highest BCUT2D eigenvalue weighted by Gasteiger charge is 2.25. The molecule has 0 amide bonds. The van der Waals surface area contributed by atoms with Crippen LogP contribution >= 0.6 is 0 Å². The Morgan fingerprint density at radius 3 is 1.67 bits per heavy atom. The molecule has 0 saturated heterocycles. The number of nitrogens with two attached hydrogens (primary N) is 4. The molecule has 52 heavy (non-hydrogen) atoms. The van der Waals surface area contributed by atoms with Gasteiger partial charge in [-0.1, -0.05) is 58.4 Å². The number of phenolic OH excluding ortho intramolecular Hbond substituents is 1. The lowest BCUT2D eigenvalue weighted by atomic mass is 10.1. The summed E-state index contributed by atoms with van der Waals surface area (Å²) in [5.41, 5.74) is 24.5. The summed E-state index contributed by atoms with van der Waals surface area (Å²) in [7, 11) is -13.9. The standard InChI is InChI=1S/C13H17NO3S.C10H10N2O7S2.C7H6N2.2C2H6/c1-3-11-9-12(18(15,16)17)6-4-5-10(2)7-8-13(11)14;11-6-2-1-4-5(10(6)21(17,18)19)3-7(20(14,15)16)8(12)9(4)13;8-5-6-1-3-7(9)4-2-6;2*1-2/h4-9H,3,14H2,1-2H3,(H,15,16,17);1-3,13H,11-12H2,(H,14,15,16)(H,17,18,19);1-4H,9H2;2*1-2H3. The number of nitrogen functional groups attached to an aromatic ring is 4. The molecule has 4 aromatic carbocycles. The summed E-state index contributed by atoms with van der Waals surface area (Å²) in [6.07, 6.45) is 0.575. The smallest absolute Gasteiger partial charge is 0.297 e. The number of rotatable bonds is 4. The second kappa shape index (κ2) is 20.6. The van der Waals surface area contributed by atoms with Crippen LogP contribution in [0.2, 0.25) is 0 Å². The van der Waals surface area contributed by atoms with Crippen molar-refractivity contribution in [3.8, 4) is 11.8 Å². The van der Waals surface area contributed by atoms with Crippen molar-refractivity contribution >= 4 is 63.9 Å². The topological polar surface area (TPSA) is 311 Å². The molecule has 0 aliphatic rings. The minimum absolute atomic E-state index is 0.151. The van der Waals surface area contributed by atoms with Gasteiger partial charge in [-0.05, 0) is 79.6 Å². The van der Waals surface area contributed by atoms with E-state index < -0.39 is 57.0 Å². The summed E-state index contributed by atoms with van der Waals surface area (Å²) < 4.78 is 95.0. The third kappa shape index (κ3) is 13.9. The summed E-state index contributed by atoms with van der Waals surface area (Å²) in [6.45, 7) is 11.7. The number of fused-ring (bicyclic) bond motifs is 1. The molecular weight excluding hydrogens is 735 g/mol. The number of benzene rings is 3. The van der Waals surface area contributed by atoms with Gasteiger partial charge in [0.1, 0.15) is 15.5 Å². The molecule has 0 radical (unpaired) electrons. The Balaban J connectivity index is 0.000000759. The van der Waals surface area contributed by atoms with Crippen LogP contribution in [0.4, 0.5) is 22.7 Å². The molecule has 12 N–H and O–H groups in total. The van der Waals surface area contributed by atoms with Crippen LogP contribution in [0.1, 0.15) is 51.3 Å². The first kappa shape index (κ1) is 46.8. The van der Waals surface area contributed by atoms with Crippen molar-refractivity contribution in [1.82, 2.24) is 0 Å². The average molecular weight is 780 g/mol. The highest BCUT2D eigenvalue weighted by molar-refractivity contribution is 7.86. The van der Waals surface area contributed by atoms with E-state index in [1.807, 2.05) is 53.7 Å². The highest BCUT2D eigenvalue weighted by Crippen LogP contribution is 2.40. The van der Waals surface area contributed by atoms with Gasteiger partial charge in [-0.2, -0.15) is 30.5 Å². The normalized spacial score (nSPS) is 10.5. The molecule has 15 nitrogen and oxygen atoms in total. The number of nitriles is 1. The molecule has 0 atom stereocenters. The first-order chi connectivity index (χ1) is 24.1. The SMILES string of the molecule is CC.CC.CCc1cc(S(=O)(=O)O)cccc(C)ccc1N.N#Cc1ccc(N)cc1.Nc1ccc2c(O)c(N)c(S(=O)(=O)O)cc2c1S(=O)(=O)O. The molecule has 0 heterocycles. The van der Waals surface area contributed by atoms with E-state index in [2.05, 4.69) is 0 Å². The van der Waals surface area contributed by atoms with Gasteiger partial charge in [0, 0.05) is 22.1 Å². The number of hydrogen-bond acceptors (Lipinski definition) is 12. The number of anilines is 4. The molecule has 0 spiro atoms. The number of phenols is 1. The Labute approximate surface area is 305 Å². The molecule has 0 fully saturated rings. The van der Waals surface area contributed by atoms with E-state index in [1.54, 1.807) is 42.5 Å². The van der Waals surface area contributed by atoms with Crippen molar-refractivity contribution in [2.75, 3.05) is 22.9 Å². The summed E-state index contributed by atoms with van der Waals surface area (Å²) in [4.78, 5) is -1.86. The lowest BCUT2D eigenvalue weighted by Crippen LogP contribution is -2.07. The van der Waals surface area contributed by atoms with Gasteiger partial charge in [0.2, 0.25) is 0 Å². The summed E-state index contributed by atoms with van der Waals surface area (Å²) in [5, 5.41) is 17.7. The van der Waals surface area contributed by atoms with Gasteiger partial charge in [-0.25, -0.2) is 0 Å². The number of hydrogen-bond donors (Lipinski definition) is 8. The van der Waals surface area contributed by atoms with E-state index in [-0.39, 0.29) is 16.0 Å². The monoisotopic (exact) mass is 779 g/mol. The Hall–Kier alpha value is -5.16. The fourth-order valence-corrected chi connectivity index (χ4v) is 5.94. The first-order valence-electron chi connectivity index (χ1n) is 15.4. The summed E-state index contributed by atoms with van der Waals surface area (Å²) >= 11 is 0. The van der Waals surface area contributed by atoms with Gasteiger partial charge in [-0.15, -0.1) is 0 Å². The van der Waals surface area contributed by atoms with Gasteiger partial charge in [0.15, 0.2) is 0 Å². The maximum Gasteiger partial charge on any atom is 0.297 e. The third-order valence-electron chi connectivity index (χ3n) is 6.36. The quantitative estimate of drug-likeness (QED) is 0.0678. The van der Waals surface area contributed by atoms with Gasteiger partial charge < -0.3 is 28.0 Å². The van der Waals surface area contributed by atoms with Crippen LogP contribution in [0.5, 0.6) is 5.75 Å². The van der Waals surface area contributed by atoms with Crippen LogP contribution in [0, 0.1) is 18.3 Å². The van der Waals surface area contributed by atoms with Crippen LogP contribution in [0.15, 0.2) is 93.5 Å². The van der Waals surface area contributed by atoms with Gasteiger partial charge >= 0.3 is 0 Å². The molecule has 0 unspecified atom stereocenters. The van der Waals surface area contributed by atoms with E-state index in [4.69, 9.17) is 37.3 Å². The Morgan fingerprint density at radius 1 is 0.673 bits per heavy atom. The van der Waals surface area contributed by atoms with Gasteiger partial charge in [0.25, 0.3) is 30.4 Å². The molecule has 0 aromatic heterocycles. The molecule has 0 aliphatic carbocycles. The van der Waals surface area contributed by atoms with Crippen molar-refractivity contribution in [1.29, 1.82) is 5.26 Å². The zero-order valence-electron chi connectivity index (χ0n) is 29.4. The van der Waals surface area contributed by atoms with E-state index >= 15 is 0 Å². The Bertz CT molecular complexity index is 2270. The predicted octanol–water partition coefficient (Wildman–Crippen LogP) is 5.91. The fraction of sp³-hybridized carbons (Fsp3) is 0.206. The highest BCUT2D eigenvalue weighted by atomic mass is 32.2. The Kier molecular flexibility index (Phi) is 18.6. The maximum atomic E-state index is 11.4. The lowest BCUT2D eigenvalue weighted by molar-refractivity contribution is 0.473. The minimum atomic E-state index is -4.82. The second-order valence-electron chi connectivity index (χ2n) is 9.86. The van der Waals surface area contributed by atoms with Crippen LogP contribution in [-0.4, -0.2) is 44.0 Å². The minimum Gasteiger partial charge on any atom is -0.505 e. The van der Waals surface area contributed by atoms with E-state index in [0.29, 0.717) is 35.0 Å². The van der Waals surface area contributed by atoms with Crippen molar-refractivity contribution in [3.05, 3.63) is 95.6 Å². The van der Waals surface area contributed by atoms with Crippen molar-refractivity contribution in [2.45, 2.75) is 62.6 Å². The predicted molar refractivity (Wildman–Crippen MR) is 205 cm³/mol. The average Bonchev–Trinajstić information content (AvgIpc) is 3.07. The van der Waals surface area contributed by atoms with E-state index in [9.17, 15) is 34.9 Å². The summed E-state index contributed by atoms with van der Waals surface area (Å²) in [5.74, 6) is -0.759. The second-order valence-corrected chi connectivity index (χ2v) is 14.0. The fourth-order valence-electron chi connectivity index (χ4n) is 3.94. The Morgan fingerprint density at radius 2 is 1.21 bits per heavy atom. The summed E-state index contributed by atoms with van der Waals surface area (Å²) in [6, 6.07) is 21.4. The van der Waals surface area contributed by atoms with Crippen LogP contribution < -0.4 is 22.9 Å². The molecular formula is C34H45N5O10S3. The molecule has 0 bridgehead atoms. The molecule has 4 aromatic rings. The van der Waals surface area contributed by atoms with Crippen LogP contribution in [0.3, 0.4) is 0 Å². The third-order valence-corrected chi connectivity index (χ3v) is 9.08. The van der Waals surface area contributed by atoms with Crippen molar-refractivity contribution in [2.24, 2.45) is 0 Å². The lowest BCUT2D eigenvalue weighted by Gasteiger charge is -2.12. The van der Waals surface area contributed by atoms with Crippen molar-refractivity contribution in [3.63, 3.8) is 0 Å². The maximum absolute atomic E-state index is 11.4. The zero-order valence-corrected chi connectivity index (χ0v) is 31.9. The van der Waals surface area contributed by atoms with Crippen LogP contribution in [0.25, 0.3) is 10.8 Å². The van der Waals surface area contributed by atoms with Gasteiger partial charge in [-0.3, -0.25) is 13.7 Å². The molecule has 0 aliphatic heterocycles.